The Kier molecular flexibility index (Phi) is 8.39. The van der Waals surface area contributed by atoms with Gasteiger partial charge < -0.3 is 0 Å². The molecule has 0 nitrogen and oxygen atoms in total. The van der Waals surface area contributed by atoms with E-state index in [-0.39, 0.29) is 0 Å². The Morgan fingerprint density at radius 3 is 2.18 bits per heavy atom. The van der Waals surface area contributed by atoms with E-state index in [2.05, 4.69) is 30.6 Å². The smallest absolute Gasteiger partial charge is 0.0198 e. The number of hydrogen-bond donors (Lipinski definition) is 0. The molecule has 0 spiro atoms. The number of hydrogen-bond acceptors (Lipinski definition) is 0. The summed E-state index contributed by atoms with van der Waals surface area (Å²) in [5.74, 6) is 12.1. The highest BCUT2D eigenvalue weighted by molar-refractivity contribution is 5.03. The van der Waals surface area contributed by atoms with Crippen molar-refractivity contribution in [2.45, 2.75) is 46.0 Å². The Morgan fingerprint density at radius 2 is 1.55 bits per heavy atom. The molecular weight excluding hydrogens is 132 g/mol. The zero-order valence-electron chi connectivity index (χ0n) is 7.54. The van der Waals surface area contributed by atoms with E-state index in [1.54, 1.807) is 0 Å². The van der Waals surface area contributed by atoms with Gasteiger partial charge in [-0.1, -0.05) is 13.3 Å². The summed E-state index contributed by atoms with van der Waals surface area (Å²) in [7, 11) is 0. The molecule has 0 heterocycles. The van der Waals surface area contributed by atoms with Crippen LogP contribution in [0.2, 0.25) is 0 Å². The largest absolute Gasteiger partial charge is 0.107 e. The first-order valence-corrected chi connectivity index (χ1v) is 4.27. The van der Waals surface area contributed by atoms with Crippen LogP contribution in [0.1, 0.15) is 46.0 Å². The quantitative estimate of drug-likeness (QED) is 0.426. The summed E-state index contributed by atoms with van der Waals surface area (Å²) in [4.78, 5) is 0. The fraction of sp³-hybridized carbons (Fsp3) is 0.636. The van der Waals surface area contributed by atoms with Crippen molar-refractivity contribution in [2.24, 2.45) is 0 Å². The third kappa shape index (κ3) is 9.12. The third-order valence-corrected chi connectivity index (χ3v) is 1.33. The summed E-state index contributed by atoms with van der Waals surface area (Å²) >= 11 is 0. The second-order valence-electron chi connectivity index (χ2n) is 2.38. The molecule has 60 valence electrons. The zero-order valence-corrected chi connectivity index (χ0v) is 7.54. The van der Waals surface area contributed by atoms with Gasteiger partial charge in [0.25, 0.3) is 0 Å². The SMILES string of the molecule is CC#CCCC#CCCCC. The minimum atomic E-state index is 0.926. The molecule has 0 heteroatoms. The van der Waals surface area contributed by atoms with Crippen LogP contribution in [0, 0.1) is 23.7 Å². The van der Waals surface area contributed by atoms with Crippen LogP contribution in [0.4, 0.5) is 0 Å². The lowest BCUT2D eigenvalue weighted by molar-refractivity contribution is 0.827. The molecule has 0 aromatic heterocycles. The van der Waals surface area contributed by atoms with Crippen LogP contribution in [0.15, 0.2) is 0 Å². The van der Waals surface area contributed by atoms with Crippen LogP contribution < -0.4 is 0 Å². The zero-order chi connectivity index (χ0) is 8.36. The monoisotopic (exact) mass is 148 g/mol. The van der Waals surface area contributed by atoms with Crippen molar-refractivity contribution >= 4 is 0 Å². The summed E-state index contributed by atoms with van der Waals surface area (Å²) in [6.45, 7) is 4.05. The van der Waals surface area contributed by atoms with E-state index in [1.807, 2.05) is 6.92 Å². The van der Waals surface area contributed by atoms with Crippen LogP contribution in [0.25, 0.3) is 0 Å². The Hall–Kier alpha value is -0.880. The molecule has 0 atom stereocenters. The molecule has 0 fully saturated rings. The molecule has 0 aliphatic carbocycles. The second kappa shape index (κ2) is 9.12. The van der Waals surface area contributed by atoms with E-state index in [1.165, 1.54) is 12.8 Å². The molecule has 0 bridgehead atoms. The van der Waals surface area contributed by atoms with Crippen molar-refractivity contribution in [2.75, 3.05) is 0 Å². The molecule has 11 heavy (non-hydrogen) atoms. The van der Waals surface area contributed by atoms with Gasteiger partial charge in [-0.15, -0.1) is 23.7 Å². The fourth-order valence-electron chi connectivity index (χ4n) is 0.692. The van der Waals surface area contributed by atoms with Gasteiger partial charge in [-0.3, -0.25) is 0 Å². The normalized spacial score (nSPS) is 7.45. The van der Waals surface area contributed by atoms with Gasteiger partial charge in [-0.2, -0.15) is 0 Å². The minimum Gasteiger partial charge on any atom is -0.107 e. The van der Waals surface area contributed by atoms with E-state index in [0.29, 0.717) is 0 Å². The predicted molar refractivity (Wildman–Crippen MR) is 50.0 cm³/mol. The topological polar surface area (TPSA) is 0 Å². The number of unbranched alkanes of at least 4 members (excludes halogenated alkanes) is 3. The van der Waals surface area contributed by atoms with Gasteiger partial charge in [-0.25, -0.2) is 0 Å². The van der Waals surface area contributed by atoms with Gasteiger partial charge in [0, 0.05) is 19.3 Å². The van der Waals surface area contributed by atoms with Crippen molar-refractivity contribution in [3.63, 3.8) is 0 Å². The lowest BCUT2D eigenvalue weighted by atomic mass is 10.2. The standard InChI is InChI=1S/C11H16/c1-3-5-7-9-11-10-8-6-4-2/h3,5,7-8,10H2,1-2H3. The highest BCUT2D eigenvalue weighted by atomic mass is 13.8. The van der Waals surface area contributed by atoms with Crippen LogP contribution in [-0.4, -0.2) is 0 Å². The van der Waals surface area contributed by atoms with Gasteiger partial charge >= 0.3 is 0 Å². The molecule has 0 aliphatic rings. The lowest BCUT2D eigenvalue weighted by Crippen LogP contribution is -1.68. The van der Waals surface area contributed by atoms with Crippen molar-refractivity contribution in [1.82, 2.24) is 0 Å². The van der Waals surface area contributed by atoms with E-state index in [9.17, 15) is 0 Å². The van der Waals surface area contributed by atoms with Gasteiger partial charge in [0.15, 0.2) is 0 Å². The van der Waals surface area contributed by atoms with Gasteiger partial charge in [0.1, 0.15) is 0 Å². The molecule has 0 unspecified atom stereocenters. The maximum Gasteiger partial charge on any atom is 0.0198 e. The van der Waals surface area contributed by atoms with Gasteiger partial charge in [0.2, 0.25) is 0 Å². The second-order valence-corrected chi connectivity index (χ2v) is 2.38. The fourth-order valence-corrected chi connectivity index (χ4v) is 0.692. The molecule has 0 saturated heterocycles. The van der Waals surface area contributed by atoms with Crippen molar-refractivity contribution in [3.8, 4) is 23.7 Å². The first-order valence-electron chi connectivity index (χ1n) is 4.27. The first kappa shape index (κ1) is 10.1. The maximum atomic E-state index is 3.13. The summed E-state index contributed by atoms with van der Waals surface area (Å²) < 4.78 is 0. The average Bonchev–Trinajstić information content (AvgIpc) is 2.03. The molecule has 0 rings (SSSR count). The van der Waals surface area contributed by atoms with E-state index >= 15 is 0 Å². The molecule has 0 aliphatic heterocycles. The Balaban J connectivity index is 3.16. The summed E-state index contributed by atoms with van der Waals surface area (Å²) in [6, 6.07) is 0. The molecule has 0 aromatic carbocycles. The molecule has 0 radical (unpaired) electrons. The van der Waals surface area contributed by atoms with Crippen LogP contribution >= 0.6 is 0 Å². The third-order valence-electron chi connectivity index (χ3n) is 1.33. The van der Waals surface area contributed by atoms with Crippen LogP contribution in [0.5, 0.6) is 0 Å². The minimum absolute atomic E-state index is 0.926. The number of rotatable bonds is 3. The van der Waals surface area contributed by atoms with Crippen molar-refractivity contribution in [1.29, 1.82) is 0 Å². The summed E-state index contributed by atoms with van der Waals surface area (Å²) in [5, 5.41) is 0. The molecule has 0 N–H and O–H groups in total. The summed E-state index contributed by atoms with van der Waals surface area (Å²) in [6.07, 6.45) is 5.38. The first-order chi connectivity index (χ1) is 5.41. The van der Waals surface area contributed by atoms with Gasteiger partial charge in [-0.05, 0) is 13.3 Å². The van der Waals surface area contributed by atoms with Crippen LogP contribution in [0.3, 0.4) is 0 Å². The van der Waals surface area contributed by atoms with E-state index in [0.717, 1.165) is 19.3 Å². The summed E-state index contributed by atoms with van der Waals surface area (Å²) in [5.41, 5.74) is 0. The average molecular weight is 148 g/mol. The van der Waals surface area contributed by atoms with Crippen LogP contribution in [-0.2, 0) is 0 Å². The van der Waals surface area contributed by atoms with Crippen molar-refractivity contribution in [3.05, 3.63) is 0 Å². The Labute approximate surface area is 70.4 Å². The highest BCUT2D eigenvalue weighted by Crippen LogP contribution is 1.91. The van der Waals surface area contributed by atoms with Crippen molar-refractivity contribution < 1.29 is 0 Å². The Morgan fingerprint density at radius 1 is 0.909 bits per heavy atom. The molecule has 0 saturated carbocycles. The maximum absolute atomic E-state index is 3.13. The molecular formula is C11H16. The highest BCUT2D eigenvalue weighted by Gasteiger charge is 1.76. The Bertz CT molecular complexity index is 180. The van der Waals surface area contributed by atoms with E-state index in [4.69, 9.17) is 0 Å². The molecule has 0 aromatic rings. The van der Waals surface area contributed by atoms with Gasteiger partial charge in [0.05, 0.1) is 0 Å². The predicted octanol–water partition coefficient (Wildman–Crippen LogP) is 2.98. The lowest BCUT2D eigenvalue weighted by Gasteiger charge is -1.83. The molecule has 0 amide bonds. The van der Waals surface area contributed by atoms with E-state index < -0.39 is 0 Å².